The van der Waals surface area contributed by atoms with E-state index < -0.39 is 16.6 Å². The Hall–Kier alpha value is -0.330. The van der Waals surface area contributed by atoms with E-state index >= 15 is 0 Å². The summed E-state index contributed by atoms with van der Waals surface area (Å²) < 4.78 is 27.1. The van der Waals surface area contributed by atoms with Crippen molar-refractivity contribution in [2.24, 2.45) is 0 Å². The van der Waals surface area contributed by atoms with Crippen LogP contribution in [-0.2, 0) is 16.6 Å². The van der Waals surface area contributed by atoms with Crippen LogP contribution < -0.4 is 4.72 Å². The van der Waals surface area contributed by atoms with Crippen LogP contribution in [0.5, 0.6) is 0 Å². The van der Waals surface area contributed by atoms with Gasteiger partial charge in [-0.1, -0.05) is 37.0 Å². The molecule has 1 aromatic rings. The first-order chi connectivity index (χ1) is 8.87. The van der Waals surface area contributed by atoms with Crippen LogP contribution in [0.3, 0.4) is 0 Å². The summed E-state index contributed by atoms with van der Waals surface area (Å²) in [6.45, 7) is 3.39. The van der Waals surface area contributed by atoms with Crippen molar-refractivity contribution in [3.63, 3.8) is 0 Å². The Balaban J connectivity index is 3.22. The van der Waals surface area contributed by atoms with E-state index in [0.29, 0.717) is 12.8 Å². The van der Waals surface area contributed by atoms with E-state index in [9.17, 15) is 13.5 Å². The molecule has 0 aromatic heterocycles. The Kier molecular flexibility index (Phi) is 6.08. The van der Waals surface area contributed by atoms with Crippen LogP contribution >= 0.6 is 23.2 Å². The van der Waals surface area contributed by atoms with Crippen LogP contribution in [0.15, 0.2) is 17.0 Å². The molecule has 7 heteroatoms. The van der Waals surface area contributed by atoms with E-state index in [4.69, 9.17) is 23.2 Å². The van der Waals surface area contributed by atoms with Crippen molar-refractivity contribution in [3.05, 3.63) is 27.7 Å². The second kappa shape index (κ2) is 6.90. The lowest BCUT2D eigenvalue weighted by molar-refractivity contribution is 0.281. The minimum atomic E-state index is -3.72. The Labute approximate surface area is 123 Å². The Morgan fingerprint density at radius 2 is 1.84 bits per heavy atom. The third kappa shape index (κ3) is 3.83. The molecule has 0 amide bonds. The zero-order valence-electron chi connectivity index (χ0n) is 10.8. The maximum Gasteiger partial charge on any atom is 0.242 e. The van der Waals surface area contributed by atoms with Gasteiger partial charge in [0.05, 0.1) is 11.6 Å². The van der Waals surface area contributed by atoms with Crippen molar-refractivity contribution in [1.82, 2.24) is 4.72 Å². The van der Waals surface area contributed by atoms with Crippen LogP contribution in [0.1, 0.15) is 32.3 Å². The second-order valence-corrected chi connectivity index (χ2v) is 6.60. The number of aliphatic hydroxyl groups is 1. The maximum absolute atomic E-state index is 12.2. The summed E-state index contributed by atoms with van der Waals surface area (Å²) in [5, 5.41) is 9.39. The lowest BCUT2D eigenvalue weighted by Crippen LogP contribution is -2.34. The van der Waals surface area contributed by atoms with Crippen LogP contribution in [-0.4, -0.2) is 19.6 Å². The summed E-state index contributed by atoms with van der Waals surface area (Å²) in [6, 6.07) is 2.61. The molecule has 0 unspecified atom stereocenters. The molecule has 0 aliphatic heterocycles. The average molecular weight is 326 g/mol. The number of aliphatic hydroxyl groups excluding tert-OH is 1. The normalized spacial score (nSPS) is 12.1. The van der Waals surface area contributed by atoms with E-state index in [1.165, 1.54) is 12.1 Å². The van der Waals surface area contributed by atoms with E-state index in [-0.39, 0.29) is 26.5 Å². The lowest BCUT2D eigenvalue weighted by atomic mass is 10.2. The molecule has 0 bridgehead atoms. The summed E-state index contributed by atoms with van der Waals surface area (Å²) in [5.41, 5.74) is 0.218. The third-order valence-corrected chi connectivity index (χ3v) is 5.37. The summed E-state index contributed by atoms with van der Waals surface area (Å²) in [4.78, 5) is -0.0606. The van der Waals surface area contributed by atoms with Gasteiger partial charge in [0, 0.05) is 16.6 Å². The van der Waals surface area contributed by atoms with E-state index in [0.717, 1.165) is 0 Å². The molecule has 0 spiro atoms. The number of hydrogen-bond acceptors (Lipinski definition) is 3. The van der Waals surface area contributed by atoms with Crippen LogP contribution in [0.4, 0.5) is 0 Å². The molecule has 0 aliphatic rings. The van der Waals surface area contributed by atoms with E-state index in [1.807, 2.05) is 13.8 Å². The molecular formula is C12H17Cl2NO3S. The molecule has 0 heterocycles. The maximum atomic E-state index is 12.2. The molecule has 1 rings (SSSR count). The van der Waals surface area contributed by atoms with Crippen molar-refractivity contribution in [2.45, 2.75) is 44.2 Å². The molecule has 0 radical (unpaired) electrons. The highest BCUT2D eigenvalue weighted by molar-refractivity contribution is 7.89. The molecule has 0 saturated carbocycles. The predicted octanol–water partition coefficient (Wildman–Crippen LogP) is 2.95. The van der Waals surface area contributed by atoms with Gasteiger partial charge in [0.15, 0.2) is 0 Å². The Bertz CT molecular complexity index is 542. The van der Waals surface area contributed by atoms with Crippen molar-refractivity contribution < 1.29 is 13.5 Å². The molecule has 4 nitrogen and oxygen atoms in total. The molecule has 0 atom stereocenters. The standard InChI is InChI=1S/C12H17Cl2NO3S/c1-3-8(4-2)15-19(17,18)11-6-5-10(13)9(7-16)12(11)14/h5-6,8,15-16H,3-4,7H2,1-2H3. The van der Waals surface area contributed by atoms with Gasteiger partial charge in [-0.2, -0.15) is 0 Å². The van der Waals surface area contributed by atoms with Gasteiger partial charge in [-0.25, -0.2) is 13.1 Å². The van der Waals surface area contributed by atoms with Crippen molar-refractivity contribution in [3.8, 4) is 0 Å². The number of nitrogens with one attached hydrogen (secondary N) is 1. The predicted molar refractivity (Wildman–Crippen MR) is 77.1 cm³/mol. The molecule has 108 valence electrons. The molecule has 2 N–H and O–H groups in total. The van der Waals surface area contributed by atoms with Gasteiger partial charge in [0.2, 0.25) is 10.0 Å². The fourth-order valence-electron chi connectivity index (χ4n) is 1.67. The Morgan fingerprint density at radius 1 is 1.26 bits per heavy atom. The number of halogens is 2. The Morgan fingerprint density at radius 3 is 2.32 bits per heavy atom. The van der Waals surface area contributed by atoms with Gasteiger partial charge in [-0.05, 0) is 25.0 Å². The van der Waals surface area contributed by atoms with Gasteiger partial charge in [0.1, 0.15) is 4.90 Å². The van der Waals surface area contributed by atoms with E-state index in [1.54, 1.807) is 0 Å². The van der Waals surface area contributed by atoms with Crippen LogP contribution in [0.25, 0.3) is 0 Å². The lowest BCUT2D eigenvalue weighted by Gasteiger charge is -2.17. The summed E-state index contributed by atoms with van der Waals surface area (Å²) in [5.74, 6) is 0. The average Bonchev–Trinajstić information content (AvgIpc) is 2.36. The van der Waals surface area contributed by atoms with Crippen molar-refractivity contribution in [1.29, 1.82) is 0 Å². The first-order valence-electron chi connectivity index (χ1n) is 5.97. The van der Waals surface area contributed by atoms with Crippen molar-refractivity contribution >= 4 is 33.2 Å². The fourth-order valence-corrected chi connectivity index (χ4v) is 3.97. The third-order valence-electron chi connectivity index (χ3n) is 2.91. The quantitative estimate of drug-likeness (QED) is 0.845. The largest absolute Gasteiger partial charge is 0.392 e. The molecule has 19 heavy (non-hydrogen) atoms. The SMILES string of the molecule is CCC(CC)NS(=O)(=O)c1ccc(Cl)c(CO)c1Cl. The van der Waals surface area contributed by atoms with Gasteiger partial charge in [0.25, 0.3) is 0 Å². The van der Waals surface area contributed by atoms with E-state index in [2.05, 4.69) is 4.72 Å². The highest BCUT2D eigenvalue weighted by atomic mass is 35.5. The van der Waals surface area contributed by atoms with Crippen LogP contribution in [0, 0.1) is 0 Å². The number of benzene rings is 1. The summed E-state index contributed by atoms with van der Waals surface area (Å²) >= 11 is 11.9. The molecule has 0 aliphatic carbocycles. The van der Waals surface area contributed by atoms with Gasteiger partial charge < -0.3 is 5.11 Å². The monoisotopic (exact) mass is 325 g/mol. The number of sulfonamides is 1. The number of hydrogen-bond donors (Lipinski definition) is 2. The minimum Gasteiger partial charge on any atom is -0.392 e. The first-order valence-corrected chi connectivity index (χ1v) is 8.21. The second-order valence-electron chi connectivity index (χ2n) is 4.13. The molecular weight excluding hydrogens is 309 g/mol. The number of rotatable bonds is 6. The zero-order chi connectivity index (χ0) is 14.6. The topological polar surface area (TPSA) is 66.4 Å². The highest BCUT2D eigenvalue weighted by Crippen LogP contribution is 2.31. The smallest absolute Gasteiger partial charge is 0.242 e. The first kappa shape index (κ1) is 16.7. The molecule has 0 saturated heterocycles. The minimum absolute atomic E-state index is 0.0338. The van der Waals surface area contributed by atoms with Crippen molar-refractivity contribution in [2.75, 3.05) is 0 Å². The highest BCUT2D eigenvalue weighted by Gasteiger charge is 2.23. The van der Waals surface area contributed by atoms with Gasteiger partial charge >= 0.3 is 0 Å². The molecule has 0 fully saturated rings. The molecule has 1 aromatic carbocycles. The van der Waals surface area contributed by atoms with Gasteiger partial charge in [-0.3, -0.25) is 0 Å². The van der Waals surface area contributed by atoms with Crippen LogP contribution in [0.2, 0.25) is 10.0 Å². The van der Waals surface area contributed by atoms with Gasteiger partial charge in [-0.15, -0.1) is 0 Å². The zero-order valence-corrected chi connectivity index (χ0v) is 13.1. The summed E-state index contributed by atoms with van der Waals surface area (Å²) in [7, 11) is -3.72. The summed E-state index contributed by atoms with van der Waals surface area (Å²) in [6.07, 6.45) is 1.38. The fraction of sp³-hybridized carbons (Fsp3) is 0.500.